The molecule has 3 rings (SSSR count). The summed E-state index contributed by atoms with van der Waals surface area (Å²) in [5.41, 5.74) is 4.19. The van der Waals surface area contributed by atoms with Crippen LogP contribution in [0.25, 0.3) is 0 Å². The van der Waals surface area contributed by atoms with Crippen LogP contribution in [0.3, 0.4) is 0 Å². The van der Waals surface area contributed by atoms with E-state index in [-0.39, 0.29) is 17.7 Å². The molecule has 1 aromatic carbocycles. The lowest BCUT2D eigenvalue weighted by molar-refractivity contribution is 0.0855. The van der Waals surface area contributed by atoms with E-state index in [0.717, 1.165) is 34.5 Å². The number of Topliss-reactive ketones (excluding diaryl/α,β-unsaturated/α-hetero) is 1. The number of thiophene rings is 1. The number of aryl methyl sites for hydroxylation is 3. The summed E-state index contributed by atoms with van der Waals surface area (Å²) >= 11 is 1.50. The molecule has 132 valence electrons. The number of likely N-dealkylation sites (tertiary alicyclic amines) is 1. The molecule has 1 saturated heterocycles. The van der Waals surface area contributed by atoms with Crippen LogP contribution in [0.5, 0.6) is 0 Å². The molecular weight excluding hydrogens is 332 g/mol. The molecule has 2 heterocycles. The molecule has 2 aromatic rings. The molecule has 0 aliphatic carbocycles. The van der Waals surface area contributed by atoms with E-state index in [1.54, 1.807) is 4.90 Å². The van der Waals surface area contributed by atoms with Crippen molar-refractivity contribution in [2.24, 2.45) is 5.92 Å². The molecule has 1 aliphatic rings. The van der Waals surface area contributed by atoms with Crippen molar-refractivity contribution in [3.63, 3.8) is 0 Å². The van der Waals surface area contributed by atoms with Gasteiger partial charge in [-0.3, -0.25) is 4.79 Å². The van der Waals surface area contributed by atoms with Gasteiger partial charge in [-0.15, -0.1) is 11.3 Å². The molecule has 1 aliphatic heterocycles. The van der Waals surface area contributed by atoms with Crippen molar-refractivity contribution >= 4 is 28.8 Å². The van der Waals surface area contributed by atoms with Gasteiger partial charge in [-0.1, -0.05) is 6.07 Å². The van der Waals surface area contributed by atoms with Crippen LogP contribution in [-0.4, -0.2) is 29.8 Å². The van der Waals surface area contributed by atoms with Crippen molar-refractivity contribution in [2.75, 3.05) is 18.4 Å². The number of hydrogen-bond donors (Lipinski definition) is 1. The van der Waals surface area contributed by atoms with Gasteiger partial charge < -0.3 is 10.2 Å². The number of amides is 2. The number of urea groups is 1. The molecule has 0 spiro atoms. The Morgan fingerprint density at radius 3 is 2.60 bits per heavy atom. The zero-order chi connectivity index (χ0) is 18.0. The number of hydrogen-bond acceptors (Lipinski definition) is 3. The Kier molecular flexibility index (Phi) is 5.23. The van der Waals surface area contributed by atoms with E-state index in [0.29, 0.717) is 13.1 Å². The number of ketones is 1. The third-order valence-corrected chi connectivity index (χ3v) is 5.95. The molecule has 0 bridgehead atoms. The Morgan fingerprint density at radius 1 is 1.12 bits per heavy atom. The van der Waals surface area contributed by atoms with Crippen molar-refractivity contribution in [3.8, 4) is 0 Å². The second-order valence-corrected chi connectivity index (χ2v) is 7.73. The maximum absolute atomic E-state index is 12.7. The fourth-order valence-electron chi connectivity index (χ4n) is 3.21. The number of piperidine rings is 1. The molecule has 1 unspecified atom stereocenters. The number of nitrogens with zero attached hydrogens (tertiary/aromatic N) is 1. The summed E-state index contributed by atoms with van der Waals surface area (Å²) in [6.07, 6.45) is 1.71. The van der Waals surface area contributed by atoms with Crippen LogP contribution in [0.2, 0.25) is 0 Å². The van der Waals surface area contributed by atoms with Crippen molar-refractivity contribution < 1.29 is 9.59 Å². The zero-order valence-corrected chi connectivity index (χ0v) is 15.8. The summed E-state index contributed by atoms with van der Waals surface area (Å²) in [6, 6.07) is 7.76. The summed E-state index contributed by atoms with van der Waals surface area (Å²) in [4.78, 5) is 27.9. The van der Waals surface area contributed by atoms with E-state index in [2.05, 4.69) is 5.32 Å². The molecule has 1 N–H and O–H groups in total. The first-order valence-corrected chi connectivity index (χ1v) is 9.55. The minimum Gasteiger partial charge on any atom is -0.324 e. The number of carbonyl (C=O) groups is 2. The Balaban J connectivity index is 1.66. The number of nitrogens with one attached hydrogen (secondary N) is 1. The minimum atomic E-state index is -0.122. The van der Waals surface area contributed by atoms with Gasteiger partial charge in [0, 0.05) is 24.7 Å². The SMILES string of the molecule is Cc1ccc(NC(=O)N2CCCC(C(=O)c3sccc3C)C2)cc1C. The first-order chi connectivity index (χ1) is 12.0. The van der Waals surface area contributed by atoms with Crippen LogP contribution in [0.1, 0.15) is 39.2 Å². The first kappa shape index (κ1) is 17.7. The molecule has 1 fully saturated rings. The molecule has 2 amide bonds. The lowest BCUT2D eigenvalue weighted by Gasteiger charge is -2.32. The third-order valence-electron chi connectivity index (χ3n) is 4.92. The second-order valence-electron chi connectivity index (χ2n) is 6.81. The number of rotatable bonds is 3. The van der Waals surface area contributed by atoms with E-state index >= 15 is 0 Å². The summed E-state index contributed by atoms with van der Waals surface area (Å²) in [7, 11) is 0. The first-order valence-electron chi connectivity index (χ1n) is 8.67. The molecule has 5 heteroatoms. The molecular formula is C20H24N2O2S. The van der Waals surface area contributed by atoms with E-state index < -0.39 is 0 Å². The highest BCUT2D eigenvalue weighted by Crippen LogP contribution is 2.26. The fourth-order valence-corrected chi connectivity index (χ4v) is 4.15. The Hall–Kier alpha value is -2.14. The number of benzene rings is 1. The standard InChI is InChI=1S/C20H24N2O2S/c1-13-6-7-17(11-15(13)3)21-20(24)22-9-4-5-16(12-22)18(23)19-14(2)8-10-25-19/h6-8,10-11,16H,4-5,9,12H2,1-3H3,(H,21,24). The zero-order valence-electron chi connectivity index (χ0n) is 15.0. The van der Waals surface area contributed by atoms with E-state index in [4.69, 9.17) is 0 Å². The highest BCUT2D eigenvalue weighted by Gasteiger charge is 2.30. The normalized spacial score (nSPS) is 17.4. The van der Waals surface area contributed by atoms with Crippen LogP contribution in [0.4, 0.5) is 10.5 Å². The summed E-state index contributed by atoms with van der Waals surface area (Å²) in [6.45, 7) is 7.24. The van der Waals surface area contributed by atoms with Gasteiger partial charge in [0.1, 0.15) is 0 Å². The van der Waals surface area contributed by atoms with Crippen LogP contribution in [0, 0.1) is 26.7 Å². The smallest absolute Gasteiger partial charge is 0.321 e. The quantitative estimate of drug-likeness (QED) is 0.803. The minimum absolute atomic E-state index is 0.100. The average Bonchev–Trinajstić information content (AvgIpc) is 3.03. The Labute approximate surface area is 152 Å². The largest absolute Gasteiger partial charge is 0.324 e. The van der Waals surface area contributed by atoms with Crippen LogP contribution < -0.4 is 5.32 Å². The van der Waals surface area contributed by atoms with Crippen LogP contribution in [0.15, 0.2) is 29.6 Å². The monoisotopic (exact) mass is 356 g/mol. The Bertz CT molecular complexity index is 797. The van der Waals surface area contributed by atoms with Crippen molar-refractivity contribution in [2.45, 2.75) is 33.6 Å². The highest BCUT2D eigenvalue weighted by atomic mass is 32.1. The topological polar surface area (TPSA) is 49.4 Å². The molecule has 1 aromatic heterocycles. The maximum atomic E-state index is 12.7. The lowest BCUT2D eigenvalue weighted by atomic mass is 9.92. The molecule has 25 heavy (non-hydrogen) atoms. The lowest BCUT2D eigenvalue weighted by Crippen LogP contribution is -2.44. The van der Waals surface area contributed by atoms with Crippen molar-refractivity contribution in [1.29, 1.82) is 0 Å². The van der Waals surface area contributed by atoms with Gasteiger partial charge in [0.15, 0.2) is 5.78 Å². The van der Waals surface area contributed by atoms with Gasteiger partial charge in [0.05, 0.1) is 4.88 Å². The maximum Gasteiger partial charge on any atom is 0.321 e. The Morgan fingerprint density at radius 2 is 1.92 bits per heavy atom. The fraction of sp³-hybridized carbons (Fsp3) is 0.400. The highest BCUT2D eigenvalue weighted by molar-refractivity contribution is 7.12. The molecule has 4 nitrogen and oxygen atoms in total. The van der Waals surface area contributed by atoms with Gasteiger partial charge in [-0.05, 0) is 73.9 Å². The van der Waals surface area contributed by atoms with Crippen molar-refractivity contribution in [1.82, 2.24) is 4.90 Å². The summed E-state index contributed by atoms with van der Waals surface area (Å²) in [5, 5.41) is 4.92. The second kappa shape index (κ2) is 7.40. The van der Waals surface area contributed by atoms with Gasteiger partial charge in [-0.2, -0.15) is 0 Å². The van der Waals surface area contributed by atoms with Gasteiger partial charge in [0.2, 0.25) is 0 Å². The van der Waals surface area contributed by atoms with Crippen molar-refractivity contribution in [3.05, 3.63) is 51.2 Å². The predicted octanol–water partition coefficient (Wildman–Crippen LogP) is 4.80. The molecule has 0 radical (unpaired) electrons. The van der Waals surface area contributed by atoms with Gasteiger partial charge in [0.25, 0.3) is 0 Å². The number of carbonyl (C=O) groups excluding carboxylic acids is 2. The molecule has 1 atom stereocenters. The number of anilines is 1. The van der Waals surface area contributed by atoms with Crippen LogP contribution in [-0.2, 0) is 0 Å². The third kappa shape index (κ3) is 3.93. The van der Waals surface area contributed by atoms with Gasteiger partial charge in [-0.25, -0.2) is 4.79 Å². The van der Waals surface area contributed by atoms with Gasteiger partial charge >= 0.3 is 6.03 Å². The van der Waals surface area contributed by atoms with E-state index in [9.17, 15) is 9.59 Å². The van der Waals surface area contributed by atoms with Crippen LogP contribution >= 0.6 is 11.3 Å². The molecule has 0 saturated carbocycles. The van der Waals surface area contributed by atoms with E-state index in [1.165, 1.54) is 16.9 Å². The summed E-state index contributed by atoms with van der Waals surface area (Å²) < 4.78 is 0. The summed E-state index contributed by atoms with van der Waals surface area (Å²) in [5.74, 6) is 0.0767. The predicted molar refractivity (Wildman–Crippen MR) is 103 cm³/mol. The van der Waals surface area contributed by atoms with E-state index in [1.807, 2.05) is 50.4 Å². The average molecular weight is 356 g/mol.